The van der Waals surface area contributed by atoms with Crippen LogP contribution in [0.3, 0.4) is 0 Å². The summed E-state index contributed by atoms with van der Waals surface area (Å²) < 4.78 is 1.56. The molecule has 0 aliphatic carbocycles. The molecule has 0 aliphatic rings. The maximum atomic E-state index is 9.84. The summed E-state index contributed by atoms with van der Waals surface area (Å²) in [5.74, 6) is 0.418. The van der Waals surface area contributed by atoms with Gasteiger partial charge in [-0.15, -0.1) is 0 Å². The van der Waals surface area contributed by atoms with Crippen LogP contribution in [0.2, 0.25) is 0 Å². The fraction of sp³-hybridized carbons (Fsp3) is 0.583. The van der Waals surface area contributed by atoms with E-state index in [0.717, 1.165) is 0 Å². The van der Waals surface area contributed by atoms with E-state index in [-0.39, 0.29) is 6.54 Å². The Bertz CT molecular complexity index is 621. The first-order chi connectivity index (χ1) is 10.5. The lowest BCUT2D eigenvalue weighted by Gasteiger charge is -2.25. The van der Waals surface area contributed by atoms with Gasteiger partial charge in [0.2, 0.25) is 0 Å². The number of hydrogen-bond acceptors (Lipinski definition) is 9. The SMILES string of the molecule is Cn1ncc2c(NCC(O)C(O)C(O)C(O)CO)ncnc21. The van der Waals surface area contributed by atoms with E-state index in [9.17, 15) is 20.4 Å². The first-order valence-corrected chi connectivity index (χ1v) is 6.65. The van der Waals surface area contributed by atoms with E-state index in [2.05, 4.69) is 20.4 Å². The molecule has 122 valence electrons. The molecule has 2 heterocycles. The van der Waals surface area contributed by atoms with Gasteiger partial charge in [-0.3, -0.25) is 4.68 Å². The highest BCUT2D eigenvalue weighted by Gasteiger charge is 2.30. The van der Waals surface area contributed by atoms with Crippen molar-refractivity contribution in [2.45, 2.75) is 24.4 Å². The van der Waals surface area contributed by atoms with E-state index in [0.29, 0.717) is 16.9 Å². The molecule has 10 heteroatoms. The zero-order valence-corrected chi connectivity index (χ0v) is 11.9. The van der Waals surface area contributed by atoms with Gasteiger partial charge >= 0.3 is 0 Å². The van der Waals surface area contributed by atoms with Gasteiger partial charge < -0.3 is 30.8 Å². The molecule has 4 atom stereocenters. The zero-order valence-electron chi connectivity index (χ0n) is 11.9. The van der Waals surface area contributed by atoms with Crippen LogP contribution in [0.5, 0.6) is 0 Å². The molecule has 22 heavy (non-hydrogen) atoms. The van der Waals surface area contributed by atoms with Crippen LogP contribution >= 0.6 is 0 Å². The van der Waals surface area contributed by atoms with E-state index in [1.165, 1.54) is 6.33 Å². The van der Waals surface area contributed by atoms with Crippen molar-refractivity contribution in [2.75, 3.05) is 18.5 Å². The Balaban J connectivity index is 2.02. The summed E-state index contributed by atoms with van der Waals surface area (Å²) in [5.41, 5.74) is 0.600. The molecule has 0 saturated heterocycles. The minimum Gasteiger partial charge on any atom is -0.394 e. The normalized spacial score (nSPS) is 17.2. The smallest absolute Gasteiger partial charge is 0.163 e. The molecule has 4 unspecified atom stereocenters. The topological polar surface area (TPSA) is 157 Å². The Morgan fingerprint density at radius 2 is 1.82 bits per heavy atom. The van der Waals surface area contributed by atoms with Crippen molar-refractivity contribution in [1.82, 2.24) is 19.7 Å². The number of nitrogens with zero attached hydrogens (tertiary/aromatic N) is 4. The van der Waals surface area contributed by atoms with Gasteiger partial charge in [-0.05, 0) is 0 Å². The molecule has 6 N–H and O–H groups in total. The highest BCUT2D eigenvalue weighted by molar-refractivity contribution is 5.85. The van der Waals surface area contributed by atoms with Crippen molar-refractivity contribution < 1.29 is 25.5 Å². The van der Waals surface area contributed by atoms with Crippen LogP contribution in [-0.2, 0) is 7.05 Å². The first kappa shape index (κ1) is 16.5. The van der Waals surface area contributed by atoms with Gasteiger partial charge in [-0.1, -0.05) is 0 Å². The molecule has 0 radical (unpaired) electrons. The number of aryl methyl sites for hydroxylation is 1. The van der Waals surface area contributed by atoms with E-state index in [4.69, 9.17) is 5.11 Å². The van der Waals surface area contributed by atoms with Crippen molar-refractivity contribution in [2.24, 2.45) is 7.05 Å². The Morgan fingerprint density at radius 1 is 1.14 bits per heavy atom. The molecule has 0 fully saturated rings. The highest BCUT2D eigenvalue weighted by atomic mass is 16.4. The molecule has 2 aromatic rings. The molecule has 0 aromatic carbocycles. The number of anilines is 1. The Kier molecular flexibility index (Phi) is 5.21. The van der Waals surface area contributed by atoms with Gasteiger partial charge in [-0.25, -0.2) is 9.97 Å². The van der Waals surface area contributed by atoms with E-state index >= 15 is 0 Å². The molecule has 2 aromatic heterocycles. The van der Waals surface area contributed by atoms with Gasteiger partial charge in [0.05, 0.1) is 24.3 Å². The van der Waals surface area contributed by atoms with Gasteiger partial charge in [0.25, 0.3) is 0 Å². The fourth-order valence-corrected chi connectivity index (χ4v) is 1.99. The van der Waals surface area contributed by atoms with Crippen molar-refractivity contribution >= 4 is 16.9 Å². The average molecular weight is 313 g/mol. The van der Waals surface area contributed by atoms with Crippen molar-refractivity contribution in [1.29, 1.82) is 0 Å². The van der Waals surface area contributed by atoms with Gasteiger partial charge in [-0.2, -0.15) is 5.10 Å². The predicted molar refractivity (Wildman–Crippen MR) is 75.9 cm³/mol. The van der Waals surface area contributed by atoms with Crippen LogP contribution in [0.4, 0.5) is 5.82 Å². The second-order valence-electron chi connectivity index (χ2n) is 4.91. The molecule has 0 amide bonds. The number of aliphatic hydroxyl groups excluding tert-OH is 5. The third-order valence-corrected chi connectivity index (χ3v) is 3.33. The van der Waals surface area contributed by atoms with Gasteiger partial charge in [0.15, 0.2) is 5.65 Å². The molecule has 0 bridgehead atoms. The molecule has 10 nitrogen and oxygen atoms in total. The van der Waals surface area contributed by atoms with Crippen LogP contribution in [0, 0.1) is 0 Å². The van der Waals surface area contributed by atoms with Crippen LogP contribution in [0.25, 0.3) is 11.0 Å². The largest absolute Gasteiger partial charge is 0.394 e. The lowest BCUT2D eigenvalue weighted by molar-refractivity contribution is -0.111. The number of nitrogens with one attached hydrogen (secondary N) is 1. The molecule has 0 aliphatic heterocycles. The monoisotopic (exact) mass is 313 g/mol. The van der Waals surface area contributed by atoms with Crippen molar-refractivity contribution in [3.8, 4) is 0 Å². The Hall–Kier alpha value is -1.85. The van der Waals surface area contributed by atoms with Crippen LogP contribution in [0.1, 0.15) is 0 Å². The summed E-state index contributed by atoms with van der Waals surface area (Å²) in [5, 5.41) is 54.6. The second-order valence-corrected chi connectivity index (χ2v) is 4.91. The third kappa shape index (κ3) is 3.31. The van der Waals surface area contributed by atoms with E-state index in [1.807, 2.05) is 0 Å². The molecular weight excluding hydrogens is 294 g/mol. The Labute approximate surface area is 125 Å². The summed E-state index contributed by atoms with van der Waals surface area (Å²) in [4.78, 5) is 8.09. The Morgan fingerprint density at radius 3 is 2.50 bits per heavy atom. The molecular formula is C12H19N5O5. The summed E-state index contributed by atoms with van der Waals surface area (Å²) in [7, 11) is 1.73. The number of aliphatic hydroxyl groups is 5. The lowest BCUT2D eigenvalue weighted by atomic mass is 10.0. The van der Waals surface area contributed by atoms with E-state index in [1.54, 1.807) is 17.9 Å². The molecule has 0 saturated carbocycles. The summed E-state index contributed by atoms with van der Waals surface area (Å²) in [6, 6.07) is 0. The van der Waals surface area contributed by atoms with Gasteiger partial charge in [0, 0.05) is 13.6 Å². The standard InChI is InChI=1S/C12H19N5O5/c1-17-12-6(2-16-17)11(14-5-15-12)13-3-7(19)9(21)10(22)8(20)4-18/h2,5,7-10,18-22H,3-4H2,1H3,(H,13,14,15). The van der Waals surface area contributed by atoms with Crippen LogP contribution < -0.4 is 5.32 Å². The first-order valence-electron chi connectivity index (χ1n) is 6.65. The summed E-state index contributed by atoms with van der Waals surface area (Å²) in [6.45, 7) is -0.849. The summed E-state index contributed by atoms with van der Waals surface area (Å²) in [6.07, 6.45) is -3.30. The fourth-order valence-electron chi connectivity index (χ4n) is 1.99. The van der Waals surface area contributed by atoms with Crippen molar-refractivity contribution in [3.05, 3.63) is 12.5 Å². The van der Waals surface area contributed by atoms with Gasteiger partial charge in [0.1, 0.15) is 30.5 Å². The third-order valence-electron chi connectivity index (χ3n) is 3.33. The number of fused-ring (bicyclic) bond motifs is 1. The zero-order chi connectivity index (χ0) is 16.3. The minimum atomic E-state index is -1.66. The predicted octanol–water partition coefficient (Wildman–Crippen LogP) is -2.79. The number of hydrogen-bond donors (Lipinski definition) is 6. The minimum absolute atomic E-state index is 0.128. The second kappa shape index (κ2) is 6.94. The molecule has 0 spiro atoms. The van der Waals surface area contributed by atoms with Crippen LogP contribution in [0.15, 0.2) is 12.5 Å². The number of aromatic nitrogens is 4. The molecule has 2 rings (SSSR count). The maximum Gasteiger partial charge on any atom is 0.163 e. The lowest BCUT2D eigenvalue weighted by Crippen LogP contribution is -2.48. The maximum absolute atomic E-state index is 9.84. The summed E-state index contributed by atoms with van der Waals surface area (Å²) >= 11 is 0. The number of rotatable bonds is 7. The highest BCUT2D eigenvalue weighted by Crippen LogP contribution is 2.18. The van der Waals surface area contributed by atoms with E-state index < -0.39 is 31.0 Å². The average Bonchev–Trinajstić information content (AvgIpc) is 2.92. The van der Waals surface area contributed by atoms with Crippen molar-refractivity contribution in [3.63, 3.8) is 0 Å². The quantitative estimate of drug-likeness (QED) is 0.318. The van der Waals surface area contributed by atoms with Crippen LogP contribution in [-0.4, -0.2) is 82.8 Å².